The maximum Gasteiger partial charge on any atom is 0.336 e. The van der Waals surface area contributed by atoms with Gasteiger partial charge in [0.25, 0.3) is 0 Å². The third kappa shape index (κ3) is 3.00. The van der Waals surface area contributed by atoms with Crippen molar-refractivity contribution in [2.45, 2.75) is 12.8 Å². The minimum atomic E-state index is -1.13. The first-order valence-electron chi connectivity index (χ1n) is 5.14. The van der Waals surface area contributed by atoms with Crippen molar-refractivity contribution in [1.29, 1.82) is 0 Å². The van der Waals surface area contributed by atoms with E-state index in [9.17, 15) is 9.59 Å². The fourth-order valence-electron chi connectivity index (χ4n) is 1.77. The molecule has 1 amide bonds. The summed E-state index contributed by atoms with van der Waals surface area (Å²) in [7, 11) is 0. The summed E-state index contributed by atoms with van der Waals surface area (Å²) in [6.07, 6.45) is 1.96. The minimum Gasteiger partial charge on any atom is -0.478 e. The van der Waals surface area contributed by atoms with Crippen molar-refractivity contribution in [1.82, 2.24) is 0 Å². The molecule has 1 atom stereocenters. The third-order valence-corrected chi connectivity index (χ3v) is 3.35. The van der Waals surface area contributed by atoms with Gasteiger partial charge in [0.2, 0.25) is 5.91 Å². The normalized spacial score (nSPS) is 12.1. The van der Waals surface area contributed by atoms with E-state index in [1.807, 2.05) is 13.2 Å². The number of carbonyl (C=O) groups is 2. The monoisotopic (exact) mass is 253 g/mol. The van der Waals surface area contributed by atoms with Crippen LogP contribution in [0.25, 0.3) is 0 Å². The van der Waals surface area contributed by atoms with Gasteiger partial charge in [-0.1, -0.05) is 19.1 Å². The van der Waals surface area contributed by atoms with Crippen molar-refractivity contribution in [3.05, 3.63) is 34.9 Å². The Morgan fingerprint density at radius 2 is 2.12 bits per heavy atom. The maximum atomic E-state index is 11.4. The van der Waals surface area contributed by atoms with Gasteiger partial charge in [-0.15, -0.1) is 0 Å². The van der Waals surface area contributed by atoms with Crippen LogP contribution in [0.3, 0.4) is 0 Å². The average molecular weight is 253 g/mol. The molecular weight excluding hydrogens is 238 g/mol. The molecule has 0 fully saturated rings. The van der Waals surface area contributed by atoms with Gasteiger partial charge < -0.3 is 10.8 Å². The van der Waals surface area contributed by atoms with Crippen LogP contribution in [0.15, 0.2) is 18.2 Å². The van der Waals surface area contributed by atoms with Gasteiger partial charge in [-0.05, 0) is 29.6 Å². The lowest BCUT2D eigenvalue weighted by Gasteiger charge is -2.15. The molecule has 1 rings (SSSR count). The van der Waals surface area contributed by atoms with E-state index < -0.39 is 11.9 Å². The van der Waals surface area contributed by atoms with Gasteiger partial charge in [0.1, 0.15) is 0 Å². The molecule has 0 aliphatic rings. The molecule has 17 heavy (non-hydrogen) atoms. The van der Waals surface area contributed by atoms with Crippen LogP contribution in [0.4, 0.5) is 0 Å². The molecule has 5 heteroatoms. The smallest absolute Gasteiger partial charge is 0.336 e. The van der Waals surface area contributed by atoms with E-state index in [-0.39, 0.29) is 17.0 Å². The second kappa shape index (κ2) is 5.72. The fraction of sp³-hybridized carbons (Fsp3) is 0.333. The zero-order valence-electron chi connectivity index (χ0n) is 9.77. The summed E-state index contributed by atoms with van der Waals surface area (Å²) in [6.45, 7) is 1.95. The van der Waals surface area contributed by atoms with Crippen LogP contribution in [0.2, 0.25) is 0 Å². The van der Waals surface area contributed by atoms with E-state index in [4.69, 9.17) is 10.8 Å². The van der Waals surface area contributed by atoms with Crippen LogP contribution < -0.4 is 5.73 Å². The summed E-state index contributed by atoms with van der Waals surface area (Å²) >= 11 is 1.64. The second-order valence-electron chi connectivity index (χ2n) is 3.80. The summed E-state index contributed by atoms with van der Waals surface area (Å²) in [5, 5.41) is 9.04. The van der Waals surface area contributed by atoms with Crippen LogP contribution in [-0.2, 0) is 0 Å². The minimum absolute atomic E-state index is 0.0250. The van der Waals surface area contributed by atoms with E-state index >= 15 is 0 Å². The molecule has 1 aromatic rings. The fourth-order valence-corrected chi connectivity index (χ4v) is 2.45. The zero-order valence-corrected chi connectivity index (χ0v) is 10.6. The van der Waals surface area contributed by atoms with Gasteiger partial charge in [-0.25, -0.2) is 4.79 Å². The predicted molar refractivity (Wildman–Crippen MR) is 68.7 cm³/mol. The SMILES string of the molecule is CSCC(C)c1cccc(C(=O)O)c1C(N)=O. The van der Waals surface area contributed by atoms with Gasteiger partial charge in [-0.3, -0.25) is 4.79 Å². The Hall–Kier alpha value is -1.49. The molecule has 0 radical (unpaired) electrons. The van der Waals surface area contributed by atoms with Gasteiger partial charge in [0, 0.05) is 0 Å². The van der Waals surface area contributed by atoms with Crippen molar-refractivity contribution in [2.75, 3.05) is 12.0 Å². The molecule has 0 spiro atoms. The molecule has 0 heterocycles. The van der Waals surface area contributed by atoms with Crippen LogP contribution >= 0.6 is 11.8 Å². The van der Waals surface area contributed by atoms with E-state index in [0.29, 0.717) is 5.56 Å². The zero-order chi connectivity index (χ0) is 13.0. The first-order valence-corrected chi connectivity index (χ1v) is 6.53. The lowest BCUT2D eigenvalue weighted by atomic mass is 9.93. The van der Waals surface area contributed by atoms with Crippen LogP contribution in [0, 0.1) is 0 Å². The quantitative estimate of drug-likeness (QED) is 0.840. The van der Waals surface area contributed by atoms with Crippen LogP contribution in [0.5, 0.6) is 0 Å². The largest absolute Gasteiger partial charge is 0.478 e. The highest BCUT2D eigenvalue weighted by molar-refractivity contribution is 7.98. The molecule has 1 unspecified atom stereocenters. The van der Waals surface area contributed by atoms with Crippen molar-refractivity contribution >= 4 is 23.6 Å². The highest BCUT2D eigenvalue weighted by atomic mass is 32.2. The molecular formula is C12H15NO3S. The van der Waals surface area contributed by atoms with Crippen LogP contribution in [-0.4, -0.2) is 29.0 Å². The molecule has 1 aromatic carbocycles. The number of primary amides is 1. The number of aromatic carboxylic acids is 1. The van der Waals surface area contributed by atoms with Crippen molar-refractivity contribution in [2.24, 2.45) is 5.73 Å². The first-order chi connectivity index (χ1) is 7.99. The van der Waals surface area contributed by atoms with Gasteiger partial charge in [0.15, 0.2) is 0 Å². The lowest BCUT2D eigenvalue weighted by Crippen LogP contribution is -2.20. The van der Waals surface area contributed by atoms with Gasteiger partial charge >= 0.3 is 5.97 Å². The number of thioether (sulfide) groups is 1. The highest BCUT2D eigenvalue weighted by Gasteiger charge is 2.21. The summed E-state index contributed by atoms with van der Waals surface area (Å²) in [6, 6.07) is 4.80. The summed E-state index contributed by atoms with van der Waals surface area (Å²) in [5.74, 6) is -0.918. The molecule has 0 saturated carbocycles. The van der Waals surface area contributed by atoms with E-state index in [1.165, 1.54) is 6.07 Å². The number of hydrogen-bond donors (Lipinski definition) is 2. The number of carboxylic acid groups (broad SMARTS) is 1. The topological polar surface area (TPSA) is 80.4 Å². The van der Waals surface area contributed by atoms with Crippen LogP contribution in [0.1, 0.15) is 39.1 Å². The number of hydrogen-bond acceptors (Lipinski definition) is 3. The Kier molecular flexibility index (Phi) is 4.57. The Labute approximate surface area is 104 Å². The number of nitrogens with two attached hydrogens (primary N) is 1. The van der Waals surface area contributed by atoms with Gasteiger partial charge in [0.05, 0.1) is 11.1 Å². The second-order valence-corrected chi connectivity index (χ2v) is 4.71. The summed E-state index contributed by atoms with van der Waals surface area (Å²) in [4.78, 5) is 22.5. The van der Waals surface area contributed by atoms with E-state index in [1.54, 1.807) is 23.9 Å². The van der Waals surface area contributed by atoms with Crippen molar-refractivity contribution < 1.29 is 14.7 Å². The van der Waals surface area contributed by atoms with Crippen molar-refractivity contribution in [3.8, 4) is 0 Å². The van der Waals surface area contributed by atoms with Gasteiger partial charge in [-0.2, -0.15) is 11.8 Å². The highest BCUT2D eigenvalue weighted by Crippen LogP contribution is 2.25. The molecule has 0 saturated heterocycles. The maximum absolute atomic E-state index is 11.4. The van der Waals surface area contributed by atoms with Crippen molar-refractivity contribution in [3.63, 3.8) is 0 Å². The first kappa shape index (κ1) is 13.6. The number of rotatable bonds is 5. The number of amides is 1. The Morgan fingerprint density at radius 3 is 2.59 bits per heavy atom. The lowest BCUT2D eigenvalue weighted by molar-refractivity contribution is 0.0692. The molecule has 0 bridgehead atoms. The number of carbonyl (C=O) groups excluding carboxylic acids is 1. The number of benzene rings is 1. The molecule has 92 valence electrons. The summed E-state index contributed by atoms with van der Waals surface area (Å²) in [5.41, 5.74) is 6.08. The molecule has 0 aliphatic heterocycles. The third-order valence-electron chi connectivity index (χ3n) is 2.52. The molecule has 3 N–H and O–H groups in total. The Morgan fingerprint density at radius 1 is 1.47 bits per heavy atom. The average Bonchev–Trinajstić information content (AvgIpc) is 2.28. The van der Waals surface area contributed by atoms with E-state index in [2.05, 4.69) is 0 Å². The molecule has 0 aliphatic carbocycles. The summed E-state index contributed by atoms with van der Waals surface area (Å²) < 4.78 is 0. The molecule has 0 aromatic heterocycles. The number of carboxylic acids is 1. The Balaban J connectivity index is 3.34. The standard InChI is InChI=1S/C12H15NO3S/c1-7(6-17-2)8-4-3-5-9(12(15)16)10(8)11(13)14/h3-5,7H,6H2,1-2H3,(H2,13,14)(H,15,16). The molecule has 4 nitrogen and oxygen atoms in total. The Bertz CT molecular complexity index is 445. The van der Waals surface area contributed by atoms with E-state index in [0.717, 1.165) is 5.75 Å². The predicted octanol–water partition coefficient (Wildman–Crippen LogP) is 1.95.